The van der Waals surface area contributed by atoms with Gasteiger partial charge < -0.3 is 10.1 Å². The smallest absolute Gasteiger partial charge is 0.257 e. The third-order valence-corrected chi connectivity index (χ3v) is 4.73. The quantitative estimate of drug-likeness (QED) is 0.607. The summed E-state index contributed by atoms with van der Waals surface area (Å²) in [5.74, 6) is 0.215. The van der Waals surface area contributed by atoms with Crippen LogP contribution >= 0.6 is 23.8 Å². The highest BCUT2D eigenvalue weighted by Gasteiger charge is 2.11. The van der Waals surface area contributed by atoms with Gasteiger partial charge in [0.1, 0.15) is 5.75 Å². The van der Waals surface area contributed by atoms with Crippen LogP contribution in [0.2, 0.25) is 5.02 Å². The van der Waals surface area contributed by atoms with Crippen molar-refractivity contribution in [1.29, 1.82) is 0 Å². The van der Waals surface area contributed by atoms with E-state index in [9.17, 15) is 4.79 Å². The molecule has 0 fully saturated rings. The van der Waals surface area contributed by atoms with Crippen LogP contribution in [0.1, 0.15) is 36.7 Å². The molecule has 150 valence electrons. The van der Waals surface area contributed by atoms with Crippen LogP contribution in [0.5, 0.6) is 5.75 Å². The number of halogens is 1. The minimum Gasteiger partial charge on any atom is -0.492 e. The van der Waals surface area contributed by atoms with Crippen LogP contribution in [-0.4, -0.2) is 35.6 Å². The topological polar surface area (TPSA) is 53.6 Å². The van der Waals surface area contributed by atoms with Gasteiger partial charge in [0.05, 0.1) is 11.6 Å². The fourth-order valence-electron chi connectivity index (χ4n) is 2.65. The first-order valence-corrected chi connectivity index (χ1v) is 10.1. The Balaban J connectivity index is 1.92. The van der Waals surface area contributed by atoms with E-state index in [2.05, 4.69) is 41.5 Å². The Morgan fingerprint density at radius 1 is 1.11 bits per heavy atom. The van der Waals surface area contributed by atoms with Gasteiger partial charge in [-0.2, -0.15) is 0 Å². The highest BCUT2D eigenvalue weighted by atomic mass is 35.5. The molecule has 2 rings (SSSR count). The molecule has 0 aliphatic rings. The zero-order valence-electron chi connectivity index (χ0n) is 16.4. The molecule has 0 spiro atoms. The summed E-state index contributed by atoms with van der Waals surface area (Å²) < 4.78 is 5.37. The third kappa shape index (κ3) is 6.48. The molecule has 2 aromatic rings. The van der Waals surface area contributed by atoms with Crippen molar-refractivity contribution < 1.29 is 9.53 Å². The third-order valence-electron chi connectivity index (χ3n) is 4.23. The Kier molecular flexibility index (Phi) is 8.70. The molecule has 7 heteroatoms. The van der Waals surface area contributed by atoms with Gasteiger partial charge in [0.15, 0.2) is 5.11 Å². The van der Waals surface area contributed by atoms with Gasteiger partial charge in [0.2, 0.25) is 0 Å². The molecule has 0 aliphatic carbocycles. The zero-order chi connectivity index (χ0) is 20.5. The number of nitrogens with zero attached hydrogens (tertiary/aromatic N) is 1. The van der Waals surface area contributed by atoms with Gasteiger partial charge in [-0.3, -0.25) is 15.0 Å². The minimum absolute atomic E-state index is 0.228. The van der Waals surface area contributed by atoms with Crippen LogP contribution in [0.25, 0.3) is 0 Å². The average molecular weight is 420 g/mol. The molecule has 2 aromatic carbocycles. The first-order valence-electron chi connectivity index (χ1n) is 9.32. The van der Waals surface area contributed by atoms with Crippen molar-refractivity contribution in [3.8, 4) is 5.75 Å². The number of ether oxygens (including phenoxy) is 1. The van der Waals surface area contributed by atoms with E-state index in [0.29, 0.717) is 22.9 Å². The Hall–Kier alpha value is -2.15. The lowest BCUT2D eigenvalue weighted by molar-refractivity contribution is 0.0977. The summed E-state index contributed by atoms with van der Waals surface area (Å²) in [5, 5.41) is 6.30. The SMILES string of the molecule is CCOc1ccc(C(=O)NC(=S)Nc2ccc(CN(CC)CC)cc2)cc1Cl. The number of benzene rings is 2. The summed E-state index contributed by atoms with van der Waals surface area (Å²) in [7, 11) is 0. The first kappa shape index (κ1) is 22.1. The number of rotatable bonds is 8. The number of amides is 1. The van der Waals surface area contributed by atoms with Crippen LogP contribution in [-0.2, 0) is 6.54 Å². The second kappa shape index (κ2) is 11.0. The van der Waals surface area contributed by atoms with Gasteiger partial charge in [-0.05, 0) is 68.1 Å². The maximum absolute atomic E-state index is 12.4. The number of thiocarbonyl (C=S) groups is 1. The number of carbonyl (C=O) groups excluding carboxylic acids is 1. The molecular formula is C21H26ClN3O2S. The fraction of sp³-hybridized carbons (Fsp3) is 0.333. The van der Waals surface area contributed by atoms with Crippen LogP contribution in [0.3, 0.4) is 0 Å². The van der Waals surface area contributed by atoms with Crippen molar-refractivity contribution in [3.05, 3.63) is 58.6 Å². The van der Waals surface area contributed by atoms with Crippen LogP contribution in [0, 0.1) is 0 Å². The van der Waals surface area contributed by atoms with E-state index in [1.54, 1.807) is 18.2 Å². The molecule has 0 bridgehead atoms. The second-order valence-electron chi connectivity index (χ2n) is 6.14. The van der Waals surface area contributed by atoms with Gasteiger partial charge in [-0.1, -0.05) is 37.6 Å². The van der Waals surface area contributed by atoms with Crippen molar-refractivity contribution in [2.45, 2.75) is 27.3 Å². The van der Waals surface area contributed by atoms with Crippen molar-refractivity contribution in [1.82, 2.24) is 10.2 Å². The molecule has 1 amide bonds. The number of hydrogen-bond donors (Lipinski definition) is 2. The lowest BCUT2D eigenvalue weighted by atomic mass is 10.2. The molecule has 5 nitrogen and oxygen atoms in total. The number of anilines is 1. The van der Waals surface area contributed by atoms with E-state index < -0.39 is 0 Å². The second-order valence-corrected chi connectivity index (χ2v) is 6.96. The Bertz CT molecular complexity index is 808. The normalized spacial score (nSPS) is 10.6. The standard InChI is InChI=1S/C21H26ClN3O2S/c1-4-25(5-2)14-15-7-10-17(11-8-15)23-21(28)24-20(26)16-9-12-19(27-6-3)18(22)13-16/h7-13H,4-6,14H2,1-3H3,(H2,23,24,26,28). The first-order chi connectivity index (χ1) is 13.5. The van der Waals surface area contributed by atoms with E-state index in [4.69, 9.17) is 28.6 Å². The summed E-state index contributed by atoms with van der Waals surface area (Å²) in [4.78, 5) is 14.7. The van der Waals surface area contributed by atoms with E-state index in [1.807, 2.05) is 19.1 Å². The van der Waals surface area contributed by atoms with Gasteiger partial charge in [-0.25, -0.2) is 0 Å². The summed E-state index contributed by atoms with van der Waals surface area (Å²) in [6.45, 7) is 9.62. The molecule has 0 aromatic heterocycles. The fourth-order valence-corrected chi connectivity index (χ4v) is 3.10. The number of nitrogens with one attached hydrogen (secondary N) is 2. The van der Waals surface area contributed by atoms with E-state index in [0.717, 1.165) is 25.3 Å². The maximum atomic E-state index is 12.4. The Morgan fingerprint density at radius 2 is 1.79 bits per heavy atom. The van der Waals surface area contributed by atoms with Gasteiger partial charge >= 0.3 is 0 Å². The predicted octanol–water partition coefficient (Wildman–Crippen LogP) is 4.71. The summed E-state index contributed by atoms with van der Waals surface area (Å²) in [6.07, 6.45) is 0. The van der Waals surface area contributed by atoms with Crippen LogP contribution in [0.4, 0.5) is 5.69 Å². The molecule has 2 N–H and O–H groups in total. The molecule has 0 atom stereocenters. The lowest BCUT2D eigenvalue weighted by Gasteiger charge is -2.18. The Morgan fingerprint density at radius 3 is 2.36 bits per heavy atom. The molecule has 0 unspecified atom stereocenters. The van der Waals surface area contributed by atoms with E-state index in [1.165, 1.54) is 5.56 Å². The van der Waals surface area contributed by atoms with Gasteiger partial charge in [0.25, 0.3) is 5.91 Å². The molecule has 0 saturated carbocycles. The van der Waals surface area contributed by atoms with E-state index in [-0.39, 0.29) is 11.0 Å². The molecule has 0 saturated heterocycles. The maximum Gasteiger partial charge on any atom is 0.257 e. The summed E-state index contributed by atoms with van der Waals surface area (Å²) in [6, 6.07) is 12.9. The minimum atomic E-state index is -0.333. The molecular weight excluding hydrogens is 394 g/mol. The largest absolute Gasteiger partial charge is 0.492 e. The zero-order valence-corrected chi connectivity index (χ0v) is 18.0. The van der Waals surface area contributed by atoms with Crippen LogP contribution in [0.15, 0.2) is 42.5 Å². The van der Waals surface area contributed by atoms with Crippen LogP contribution < -0.4 is 15.4 Å². The molecule has 28 heavy (non-hydrogen) atoms. The monoisotopic (exact) mass is 419 g/mol. The highest BCUT2D eigenvalue weighted by molar-refractivity contribution is 7.80. The average Bonchev–Trinajstić information content (AvgIpc) is 2.69. The van der Waals surface area contributed by atoms with Crippen molar-refractivity contribution in [2.24, 2.45) is 0 Å². The van der Waals surface area contributed by atoms with E-state index >= 15 is 0 Å². The van der Waals surface area contributed by atoms with Gasteiger partial charge in [-0.15, -0.1) is 0 Å². The summed E-state index contributed by atoms with van der Waals surface area (Å²) >= 11 is 11.4. The number of carbonyl (C=O) groups is 1. The molecule has 0 aliphatic heterocycles. The Labute approximate surface area is 177 Å². The highest BCUT2D eigenvalue weighted by Crippen LogP contribution is 2.25. The molecule has 0 radical (unpaired) electrons. The van der Waals surface area contributed by atoms with Crippen molar-refractivity contribution in [2.75, 3.05) is 25.0 Å². The van der Waals surface area contributed by atoms with Crippen molar-refractivity contribution >= 4 is 40.5 Å². The predicted molar refractivity (Wildman–Crippen MR) is 119 cm³/mol. The molecule has 0 heterocycles. The lowest BCUT2D eigenvalue weighted by Crippen LogP contribution is -2.34. The number of hydrogen-bond acceptors (Lipinski definition) is 4. The summed E-state index contributed by atoms with van der Waals surface area (Å²) in [5.41, 5.74) is 2.46. The van der Waals surface area contributed by atoms with Gasteiger partial charge in [0, 0.05) is 17.8 Å². The van der Waals surface area contributed by atoms with Crippen molar-refractivity contribution in [3.63, 3.8) is 0 Å².